The number of nitrogens with zero attached hydrogens (tertiary/aromatic N) is 3. The van der Waals surface area contributed by atoms with Crippen LogP contribution in [0, 0.1) is 0 Å². The molecule has 0 bridgehead atoms. The highest BCUT2D eigenvalue weighted by molar-refractivity contribution is 6.05. The van der Waals surface area contributed by atoms with Gasteiger partial charge in [-0.05, 0) is 36.6 Å². The van der Waals surface area contributed by atoms with E-state index in [1.165, 1.54) is 0 Å². The minimum Gasteiger partial charge on any atom is -0.364 e. The van der Waals surface area contributed by atoms with Crippen LogP contribution >= 0.6 is 0 Å². The minimum absolute atomic E-state index is 0.350. The van der Waals surface area contributed by atoms with Gasteiger partial charge in [-0.1, -0.05) is 12.1 Å². The molecule has 0 unspecified atom stereocenters. The van der Waals surface area contributed by atoms with Crippen LogP contribution < -0.4 is 5.73 Å². The zero-order valence-electron chi connectivity index (χ0n) is 11.4. The van der Waals surface area contributed by atoms with Crippen LogP contribution in [0.5, 0.6) is 0 Å². The van der Waals surface area contributed by atoms with Gasteiger partial charge >= 0.3 is 0 Å². The molecule has 0 saturated heterocycles. The van der Waals surface area contributed by atoms with E-state index in [1.807, 2.05) is 35.0 Å². The van der Waals surface area contributed by atoms with Crippen molar-refractivity contribution in [3.63, 3.8) is 0 Å². The largest absolute Gasteiger partial charge is 0.364 e. The summed E-state index contributed by atoms with van der Waals surface area (Å²) in [6, 6.07) is 10.3. The van der Waals surface area contributed by atoms with Gasteiger partial charge in [0.15, 0.2) is 5.69 Å². The highest BCUT2D eigenvalue weighted by Crippen LogP contribution is 2.38. The van der Waals surface area contributed by atoms with E-state index in [2.05, 4.69) is 10.1 Å². The van der Waals surface area contributed by atoms with Crippen molar-refractivity contribution in [3.8, 4) is 11.1 Å². The molecule has 1 amide bonds. The summed E-state index contributed by atoms with van der Waals surface area (Å²) in [4.78, 5) is 15.8. The number of hydrogen-bond acceptors (Lipinski definition) is 3. The standard InChI is InChI=1S/C16H14N4O/c17-16(21)15-13-8-10(11-2-1-7-18-9-11)3-6-14(13)20(19-15)12-4-5-12/h1-3,6-9,12H,4-5H2,(H2,17,21). The lowest BCUT2D eigenvalue weighted by Crippen LogP contribution is -2.12. The number of primary amides is 1. The minimum atomic E-state index is -0.484. The van der Waals surface area contributed by atoms with Crippen molar-refractivity contribution in [1.29, 1.82) is 0 Å². The third-order valence-corrected chi connectivity index (χ3v) is 3.83. The fourth-order valence-corrected chi connectivity index (χ4v) is 2.63. The first-order valence-electron chi connectivity index (χ1n) is 6.96. The normalized spacial score (nSPS) is 14.5. The molecule has 1 saturated carbocycles. The molecule has 1 aliphatic carbocycles. The lowest BCUT2D eigenvalue weighted by molar-refractivity contribution is 0.0996. The van der Waals surface area contributed by atoms with E-state index in [4.69, 9.17) is 5.73 Å². The average molecular weight is 278 g/mol. The Labute approximate surface area is 121 Å². The van der Waals surface area contributed by atoms with Crippen molar-refractivity contribution in [2.75, 3.05) is 0 Å². The predicted octanol–water partition coefficient (Wildman–Crippen LogP) is 2.53. The number of rotatable bonds is 3. The monoisotopic (exact) mass is 278 g/mol. The van der Waals surface area contributed by atoms with Gasteiger partial charge in [0, 0.05) is 23.3 Å². The fourth-order valence-electron chi connectivity index (χ4n) is 2.63. The molecule has 1 aliphatic rings. The van der Waals surface area contributed by atoms with Crippen molar-refractivity contribution >= 4 is 16.8 Å². The van der Waals surface area contributed by atoms with Gasteiger partial charge in [-0.2, -0.15) is 5.10 Å². The van der Waals surface area contributed by atoms with Crippen LogP contribution in [0.15, 0.2) is 42.7 Å². The highest BCUT2D eigenvalue weighted by Gasteiger charge is 2.28. The molecule has 1 aromatic carbocycles. The van der Waals surface area contributed by atoms with E-state index < -0.39 is 5.91 Å². The number of carbonyl (C=O) groups is 1. The molecule has 1 fully saturated rings. The fraction of sp³-hybridized carbons (Fsp3) is 0.188. The van der Waals surface area contributed by atoms with E-state index >= 15 is 0 Å². The molecule has 0 spiro atoms. The summed E-state index contributed by atoms with van der Waals surface area (Å²) in [5.74, 6) is -0.484. The Hall–Kier alpha value is -2.69. The molecular weight excluding hydrogens is 264 g/mol. The third kappa shape index (κ3) is 1.98. The predicted molar refractivity (Wildman–Crippen MR) is 79.8 cm³/mol. The average Bonchev–Trinajstić information content (AvgIpc) is 3.28. The van der Waals surface area contributed by atoms with Crippen LogP contribution in [0.3, 0.4) is 0 Å². The Balaban J connectivity index is 1.94. The van der Waals surface area contributed by atoms with Gasteiger partial charge in [0.2, 0.25) is 0 Å². The van der Waals surface area contributed by atoms with Crippen molar-refractivity contribution in [3.05, 3.63) is 48.4 Å². The van der Waals surface area contributed by atoms with Crippen molar-refractivity contribution in [2.24, 2.45) is 5.73 Å². The number of aromatic nitrogens is 3. The van der Waals surface area contributed by atoms with Gasteiger partial charge in [-0.3, -0.25) is 14.5 Å². The first kappa shape index (κ1) is 12.1. The number of pyridine rings is 1. The molecule has 3 aromatic rings. The molecule has 104 valence electrons. The third-order valence-electron chi connectivity index (χ3n) is 3.83. The van der Waals surface area contributed by atoms with Gasteiger partial charge < -0.3 is 5.73 Å². The van der Waals surface area contributed by atoms with Gasteiger partial charge in [-0.15, -0.1) is 0 Å². The van der Waals surface area contributed by atoms with Gasteiger partial charge in [-0.25, -0.2) is 0 Å². The quantitative estimate of drug-likeness (QED) is 0.800. The second-order valence-electron chi connectivity index (χ2n) is 5.36. The number of benzene rings is 1. The van der Waals surface area contributed by atoms with E-state index in [-0.39, 0.29) is 0 Å². The van der Waals surface area contributed by atoms with E-state index in [0.717, 1.165) is 34.9 Å². The van der Waals surface area contributed by atoms with E-state index in [1.54, 1.807) is 12.4 Å². The summed E-state index contributed by atoms with van der Waals surface area (Å²) in [7, 11) is 0. The van der Waals surface area contributed by atoms with Crippen LogP contribution in [0.2, 0.25) is 0 Å². The second-order valence-corrected chi connectivity index (χ2v) is 5.36. The molecule has 4 rings (SSSR count). The maximum Gasteiger partial charge on any atom is 0.269 e. The molecule has 0 atom stereocenters. The van der Waals surface area contributed by atoms with Crippen LogP contribution in [0.25, 0.3) is 22.0 Å². The summed E-state index contributed by atoms with van der Waals surface area (Å²) in [6.45, 7) is 0. The van der Waals surface area contributed by atoms with Crippen molar-refractivity contribution in [1.82, 2.24) is 14.8 Å². The van der Waals surface area contributed by atoms with E-state index in [9.17, 15) is 4.79 Å². The summed E-state index contributed by atoms with van der Waals surface area (Å²) in [5, 5.41) is 5.23. The maximum atomic E-state index is 11.7. The molecule has 2 N–H and O–H groups in total. The number of fused-ring (bicyclic) bond motifs is 1. The number of amides is 1. The molecule has 2 aromatic heterocycles. The maximum absolute atomic E-state index is 11.7. The Bertz CT molecular complexity index is 834. The molecule has 2 heterocycles. The van der Waals surface area contributed by atoms with Gasteiger partial charge in [0.05, 0.1) is 11.6 Å². The molecule has 0 aliphatic heterocycles. The highest BCUT2D eigenvalue weighted by atomic mass is 16.1. The van der Waals surface area contributed by atoms with Crippen LogP contribution in [-0.4, -0.2) is 20.7 Å². The van der Waals surface area contributed by atoms with Gasteiger partial charge in [0.1, 0.15) is 0 Å². The van der Waals surface area contributed by atoms with Crippen LogP contribution in [-0.2, 0) is 0 Å². The van der Waals surface area contributed by atoms with Crippen LogP contribution in [0.1, 0.15) is 29.4 Å². The van der Waals surface area contributed by atoms with Crippen molar-refractivity contribution < 1.29 is 4.79 Å². The van der Waals surface area contributed by atoms with E-state index in [0.29, 0.717) is 11.7 Å². The first-order valence-corrected chi connectivity index (χ1v) is 6.96. The molecule has 5 heteroatoms. The summed E-state index contributed by atoms with van der Waals surface area (Å²) < 4.78 is 1.93. The smallest absolute Gasteiger partial charge is 0.269 e. The first-order chi connectivity index (χ1) is 10.2. The van der Waals surface area contributed by atoms with Crippen molar-refractivity contribution in [2.45, 2.75) is 18.9 Å². The Kier molecular flexibility index (Phi) is 2.54. The Morgan fingerprint density at radius 1 is 1.24 bits per heavy atom. The SMILES string of the molecule is NC(=O)c1nn(C2CC2)c2ccc(-c3cccnc3)cc12. The number of carbonyl (C=O) groups excluding carboxylic acids is 1. The second kappa shape index (κ2) is 4.41. The van der Waals surface area contributed by atoms with Crippen LogP contribution in [0.4, 0.5) is 0 Å². The van der Waals surface area contributed by atoms with Gasteiger partial charge in [0.25, 0.3) is 5.91 Å². The Morgan fingerprint density at radius 3 is 2.76 bits per heavy atom. The Morgan fingerprint density at radius 2 is 2.10 bits per heavy atom. The summed E-state index contributed by atoms with van der Waals surface area (Å²) in [5.41, 5.74) is 8.81. The zero-order valence-corrected chi connectivity index (χ0v) is 11.4. The molecular formula is C16H14N4O. The lowest BCUT2D eigenvalue weighted by Gasteiger charge is -2.03. The summed E-state index contributed by atoms with van der Waals surface area (Å²) >= 11 is 0. The molecule has 5 nitrogen and oxygen atoms in total. The topological polar surface area (TPSA) is 73.8 Å². The number of nitrogens with two attached hydrogens (primary N) is 1. The lowest BCUT2D eigenvalue weighted by atomic mass is 10.0. The molecule has 21 heavy (non-hydrogen) atoms. The summed E-state index contributed by atoms with van der Waals surface area (Å²) in [6.07, 6.45) is 5.76. The zero-order chi connectivity index (χ0) is 14.4. The molecule has 0 radical (unpaired) electrons. The number of hydrogen-bond donors (Lipinski definition) is 1.